The Labute approximate surface area is 203 Å². The van der Waals surface area contributed by atoms with Crippen molar-refractivity contribution in [3.8, 4) is 11.4 Å². The van der Waals surface area contributed by atoms with Gasteiger partial charge < -0.3 is 9.72 Å². The Morgan fingerprint density at radius 2 is 1.76 bits per heavy atom. The molecule has 7 nitrogen and oxygen atoms in total. The van der Waals surface area contributed by atoms with E-state index in [1.165, 1.54) is 11.8 Å². The van der Waals surface area contributed by atoms with Crippen LogP contribution in [0, 0.1) is 0 Å². The van der Waals surface area contributed by atoms with Crippen molar-refractivity contribution in [2.24, 2.45) is 0 Å². The molecule has 0 bridgehead atoms. The van der Waals surface area contributed by atoms with Crippen molar-refractivity contribution in [1.82, 2.24) is 19.5 Å². The fraction of sp³-hybridized carbons (Fsp3) is 0.120. The molecule has 2 aromatic heterocycles. The summed E-state index contributed by atoms with van der Waals surface area (Å²) in [6, 6.07) is 19.5. The molecular formula is C25H19ClN4O3S. The van der Waals surface area contributed by atoms with Gasteiger partial charge in [-0.05, 0) is 49.4 Å². The Balaban J connectivity index is 1.63. The van der Waals surface area contributed by atoms with Gasteiger partial charge >= 0.3 is 0 Å². The minimum atomic E-state index is -0.247. The second kappa shape index (κ2) is 9.32. The number of fused-ring (bicyclic) bond motifs is 2. The normalized spacial score (nSPS) is 11.2. The van der Waals surface area contributed by atoms with Crippen LogP contribution in [0.1, 0.15) is 12.7 Å². The first-order valence-corrected chi connectivity index (χ1v) is 12.0. The third kappa shape index (κ3) is 4.18. The van der Waals surface area contributed by atoms with Gasteiger partial charge in [0.25, 0.3) is 11.1 Å². The molecule has 0 aliphatic rings. The summed E-state index contributed by atoms with van der Waals surface area (Å²) in [5, 5.41) is 1.93. The van der Waals surface area contributed by atoms with E-state index in [0.717, 1.165) is 0 Å². The lowest BCUT2D eigenvalue weighted by molar-refractivity contribution is 0.338. The minimum Gasteiger partial charge on any atom is -0.492 e. The van der Waals surface area contributed by atoms with Crippen molar-refractivity contribution in [1.29, 1.82) is 0 Å². The third-order valence-corrected chi connectivity index (χ3v) is 6.39. The van der Waals surface area contributed by atoms with E-state index < -0.39 is 0 Å². The van der Waals surface area contributed by atoms with Gasteiger partial charge in [0.15, 0.2) is 5.16 Å². The summed E-state index contributed by atoms with van der Waals surface area (Å²) in [7, 11) is 0. The molecule has 3 aromatic carbocycles. The second-order valence-electron chi connectivity index (χ2n) is 7.42. The van der Waals surface area contributed by atoms with Crippen LogP contribution in [0.5, 0.6) is 5.75 Å². The van der Waals surface area contributed by atoms with Crippen LogP contribution in [-0.2, 0) is 5.75 Å². The maximum absolute atomic E-state index is 13.5. The summed E-state index contributed by atoms with van der Waals surface area (Å²) in [5.41, 5.74) is 1.25. The number of nitrogens with zero attached hydrogens (tertiary/aromatic N) is 3. The summed E-state index contributed by atoms with van der Waals surface area (Å²) in [5.74, 6) is 1.33. The zero-order chi connectivity index (χ0) is 23.7. The highest BCUT2D eigenvalue weighted by molar-refractivity contribution is 7.98. The first-order chi connectivity index (χ1) is 16.5. The summed E-state index contributed by atoms with van der Waals surface area (Å²) >= 11 is 7.38. The number of hydrogen-bond acceptors (Lipinski definition) is 6. The number of nitrogens with one attached hydrogen (secondary N) is 1. The maximum atomic E-state index is 13.5. The lowest BCUT2D eigenvalue weighted by atomic mass is 10.2. The number of para-hydroxylation sites is 3. The molecule has 0 aliphatic heterocycles. The average Bonchev–Trinajstić information content (AvgIpc) is 2.83. The van der Waals surface area contributed by atoms with Crippen LogP contribution in [0.2, 0.25) is 5.02 Å². The van der Waals surface area contributed by atoms with E-state index in [1.807, 2.05) is 43.3 Å². The first-order valence-electron chi connectivity index (χ1n) is 10.6. The number of aromatic nitrogens is 4. The van der Waals surface area contributed by atoms with Crippen LogP contribution in [-0.4, -0.2) is 26.1 Å². The Morgan fingerprint density at radius 3 is 2.62 bits per heavy atom. The summed E-state index contributed by atoms with van der Waals surface area (Å²) in [4.78, 5) is 38.2. The van der Waals surface area contributed by atoms with E-state index in [9.17, 15) is 9.59 Å². The predicted molar refractivity (Wildman–Crippen MR) is 135 cm³/mol. The highest BCUT2D eigenvalue weighted by atomic mass is 35.5. The topological polar surface area (TPSA) is 89.9 Å². The molecule has 0 spiro atoms. The number of rotatable bonds is 6. The van der Waals surface area contributed by atoms with E-state index in [1.54, 1.807) is 34.9 Å². The van der Waals surface area contributed by atoms with Gasteiger partial charge in [0.2, 0.25) is 0 Å². The molecule has 2 heterocycles. The zero-order valence-electron chi connectivity index (χ0n) is 18.1. The van der Waals surface area contributed by atoms with Crippen molar-refractivity contribution in [2.45, 2.75) is 17.8 Å². The van der Waals surface area contributed by atoms with Crippen LogP contribution >= 0.6 is 23.4 Å². The molecule has 0 saturated carbocycles. The summed E-state index contributed by atoms with van der Waals surface area (Å²) < 4.78 is 7.33. The van der Waals surface area contributed by atoms with Gasteiger partial charge in [0.1, 0.15) is 11.6 Å². The average molecular weight is 491 g/mol. The summed E-state index contributed by atoms with van der Waals surface area (Å²) in [6.45, 7) is 2.35. The quantitative estimate of drug-likeness (QED) is 0.267. The number of benzene rings is 3. The Morgan fingerprint density at radius 1 is 0.971 bits per heavy atom. The molecule has 170 valence electrons. The van der Waals surface area contributed by atoms with Crippen molar-refractivity contribution < 1.29 is 4.74 Å². The molecule has 9 heteroatoms. The Bertz CT molecular complexity index is 1650. The Kier molecular flexibility index (Phi) is 6.08. The molecule has 5 aromatic rings. The highest BCUT2D eigenvalue weighted by Crippen LogP contribution is 2.28. The van der Waals surface area contributed by atoms with E-state index in [2.05, 4.69) is 9.97 Å². The molecule has 0 unspecified atom stereocenters. The molecule has 34 heavy (non-hydrogen) atoms. The molecule has 0 amide bonds. The fourth-order valence-corrected chi connectivity index (χ4v) is 4.75. The van der Waals surface area contributed by atoms with Gasteiger partial charge in [-0.15, -0.1) is 0 Å². The maximum Gasteiger partial charge on any atom is 0.266 e. The number of ether oxygens (including phenoxy) is 1. The molecule has 5 rings (SSSR count). The number of aromatic amines is 1. The SMILES string of the molecule is CCOc1ccccc1-n1c(SCc2nc3cc(Cl)ccc3c(=O)[nH]2)nc2ccccc2c1=O. The molecule has 0 atom stereocenters. The molecule has 0 fully saturated rings. The standard InChI is InChI=1S/C25H19ClN4O3S/c1-2-33-21-10-6-5-9-20(21)30-24(32)17-7-3-4-8-18(17)28-25(30)34-14-22-27-19-13-15(26)11-12-16(19)23(31)29-22/h3-13H,2,14H2,1H3,(H,27,29,31). The van der Waals surface area contributed by atoms with Gasteiger partial charge in [-0.1, -0.05) is 47.6 Å². The second-order valence-corrected chi connectivity index (χ2v) is 8.79. The predicted octanol–water partition coefficient (Wildman–Crippen LogP) is 4.97. The molecule has 0 aliphatic carbocycles. The zero-order valence-corrected chi connectivity index (χ0v) is 19.7. The van der Waals surface area contributed by atoms with Crippen molar-refractivity contribution in [2.75, 3.05) is 6.61 Å². The van der Waals surface area contributed by atoms with Crippen molar-refractivity contribution in [3.63, 3.8) is 0 Å². The van der Waals surface area contributed by atoms with E-state index in [4.69, 9.17) is 21.3 Å². The third-order valence-electron chi connectivity index (χ3n) is 5.21. The largest absolute Gasteiger partial charge is 0.492 e. The lowest BCUT2D eigenvalue weighted by Gasteiger charge is -2.16. The molecular weight excluding hydrogens is 472 g/mol. The van der Waals surface area contributed by atoms with Gasteiger partial charge in [0.05, 0.1) is 39.9 Å². The van der Waals surface area contributed by atoms with E-state index in [-0.39, 0.29) is 11.1 Å². The van der Waals surface area contributed by atoms with E-state index in [0.29, 0.717) is 61.6 Å². The smallest absolute Gasteiger partial charge is 0.266 e. The molecule has 0 saturated heterocycles. The van der Waals surface area contributed by atoms with Gasteiger partial charge in [-0.25, -0.2) is 9.97 Å². The lowest BCUT2D eigenvalue weighted by Crippen LogP contribution is -2.22. The Hall–Kier alpha value is -3.62. The van der Waals surface area contributed by atoms with Crippen LogP contribution in [0.4, 0.5) is 0 Å². The van der Waals surface area contributed by atoms with Crippen LogP contribution in [0.15, 0.2) is 81.5 Å². The summed E-state index contributed by atoms with van der Waals surface area (Å²) in [6.07, 6.45) is 0. The molecule has 1 N–H and O–H groups in total. The van der Waals surface area contributed by atoms with Crippen molar-refractivity contribution in [3.05, 3.63) is 98.3 Å². The van der Waals surface area contributed by atoms with Gasteiger partial charge in [0, 0.05) is 5.02 Å². The monoisotopic (exact) mass is 490 g/mol. The van der Waals surface area contributed by atoms with Gasteiger partial charge in [-0.2, -0.15) is 0 Å². The van der Waals surface area contributed by atoms with Crippen LogP contribution in [0.25, 0.3) is 27.5 Å². The molecule has 0 radical (unpaired) electrons. The number of hydrogen-bond donors (Lipinski definition) is 1. The first kappa shape index (κ1) is 22.2. The van der Waals surface area contributed by atoms with Crippen LogP contribution in [0.3, 0.4) is 0 Å². The number of thioether (sulfide) groups is 1. The number of halogens is 1. The minimum absolute atomic E-state index is 0.202. The highest BCUT2D eigenvalue weighted by Gasteiger charge is 2.17. The van der Waals surface area contributed by atoms with Crippen LogP contribution < -0.4 is 15.9 Å². The van der Waals surface area contributed by atoms with Crippen molar-refractivity contribution >= 4 is 45.2 Å². The van der Waals surface area contributed by atoms with Gasteiger partial charge in [-0.3, -0.25) is 14.2 Å². The van der Waals surface area contributed by atoms with E-state index >= 15 is 0 Å². The number of H-pyrrole nitrogens is 1. The fourth-order valence-electron chi connectivity index (χ4n) is 3.70.